The van der Waals surface area contributed by atoms with Crippen LogP contribution in [0.2, 0.25) is 0 Å². The van der Waals surface area contributed by atoms with Gasteiger partial charge >= 0.3 is 0 Å². The van der Waals surface area contributed by atoms with Crippen molar-refractivity contribution in [3.63, 3.8) is 0 Å². The fraction of sp³-hybridized carbons (Fsp3) is 0.333. The number of nitrogens with zero attached hydrogens (tertiary/aromatic N) is 1. The molecule has 0 aromatic heterocycles. The molecule has 2 rings (SSSR count). The highest BCUT2D eigenvalue weighted by Gasteiger charge is 2.18. The quantitative estimate of drug-likeness (QED) is 0.690. The lowest BCUT2D eigenvalue weighted by molar-refractivity contribution is 0.929. The van der Waals surface area contributed by atoms with Crippen molar-refractivity contribution in [3.8, 4) is 0 Å². The van der Waals surface area contributed by atoms with Crippen molar-refractivity contribution in [2.75, 3.05) is 17.2 Å². The standard InChI is InChI=1S/C12H15NS/c1-3-10-9-14-12-8-6-5-7-11(12)13(10)4-2/h3,5-8H,4,9H2,1-2H3/b10-3+. The molecule has 14 heavy (non-hydrogen) atoms. The van der Waals surface area contributed by atoms with Crippen LogP contribution in [0.4, 0.5) is 5.69 Å². The minimum atomic E-state index is 1.05. The number of fused-ring (bicyclic) bond motifs is 1. The van der Waals surface area contributed by atoms with Gasteiger partial charge in [-0.3, -0.25) is 0 Å². The Morgan fingerprint density at radius 2 is 2.21 bits per heavy atom. The zero-order valence-corrected chi connectivity index (χ0v) is 9.47. The predicted octanol–water partition coefficient (Wildman–Crippen LogP) is 3.52. The van der Waals surface area contributed by atoms with Gasteiger partial charge in [-0.05, 0) is 26.0 Å². The molecule has 2 heteroatoms. The molecule has 74 valence electrons. The number of hydrogen-bond donors (Lipinski definition) is 0. The summed E-state index contributed by atoms with van der Waals surface area (Å²) in [6.45, 7) is 5.38. The Morgan fingerprint density at radius 1 is 1.43 bits per heavy atom. The molecule has 1 nitrogen and oxygen atoms in total. The van der Waals surface area contributed by atoms with Gasteiger partial charge in [0.1, 0.15) is 0 Å². The summed E-state index contributed by atoms with van der Waals surface area (Å²) >= 11 is 1.93. The van der Waals surface area contributed by atoms with E-state index < -0.39 is 0 Å². The Morgan fingerprint density at radius 3 is 2.93 bits per heavy atom. The third-order valence-corrected chi connectivity index (χ3v) is 3.62. The van der Waals surface area contributed by atoms with Gasteiger partial charge in [0.25, 0.3) is 0 Å². The molecular formula is C12H15NS. The zero-order valence-electron chi connectivity index (χ0n) is 8.66. The second kappa shape index (κ2) is 4.09. The fourth-order valence-corrected chi connectivity index (χ4v) is 2.93. The molecule has 0 saturated carbocycles. The van der Waals surface area contributed by atoms with Crippen LogP contribution < -0.4 is 4.90 Å². The van der Waals surface area contributed by atoms with E-state index in [-0.39, 0.29) is 0 Å². The van der Waals surface area contributed by atoms with Crippen LogP contribution in [0.1, 0.15) is 13.8 Å². The van der Waals surface area contributed by atoms with Gasteiger partial charge in [-0.25, -0.2) is 0 Å². The van der Waals surface area contributed by atoms with Crippen LogP contribution in [-0.4, -0.2) is 12.3 Å². The third-order valence-electron chi connectivity index (χ3n) is 2.53. The number of allylic oxidation sites excluding steroid dienone is 1. The Balaban J connectivity index is 2.44. The average molecular weight is 205 g/mol. The lowest BCUT2D eigenvalue weighted by Crippen LogP contribution is -2.26. The van der Waals surface area contributed by atoms with E-state index in [1.54, 1.807) is 0 Å². The van der Waals surface area contributed by atoms with Crippen LogP contribution in [0.5, 0.6) is 0 Å². The first-order chi connectivity index (χ1) is 6.86. The molecule has 1 aromatic rings. The largest absolute Gasteiger partial charge is 0.344 e. The molecule has 0 saturated heterocycles. The van der Waals surface area contributed by atoms with E-state index in [1.807, 2.05) is 11.8 Å². The molecule has 0 bridgehead atoms. The molecule has 0 atom stereocenters. The topological polar surface area (TPSA) is 3.24 Å². The van der Waals surface area contributed by atoms with Crippen molar-refractivity contribution in [2.45, 2.75) is 18.7 Å². The second-order valence-electron chi connectivity index (χ2n) is 3.28. The van der Waals surface area contributed by atoms with Gasteiger partial charge in [-0.1, -0.05) is 18.2 Å². The third kappa shape index (κ3) is 1.55. The average Bonchev–Trinajstić information content (AvgIpc) is 2.27. The summed E-state index contributed by atoms with van der Waals surface area (Å²) in [4.78, 5) is 3.80. The maximum Gasteiger partial charge on any atom is 0.0546 e. The minimum Gasteiger partial charge on any atom is -0.344 e. The van der Waals surface area contributed by atoms with Gasteiger partial charge in [0.05, 0.1) is 5.69 Å². The predicted molar refractivity (Wildman–Crippen MR) is 63.9 cm³/mol. The smallest absolute Gasteiger partial charge is 0.0546 e. The highest BCUT2D eigenvalue weighted by molar-refractivity contribution is 7.99. The van der Waals surface area contributed by atoms with Crippen LogP contribution in [0.3, 0.4) is 0 Å². The second-order valence-corrected chi connectivity index (χ2v) is 4.30. The minimum absolute atomic E-state index is 1.05. The highest BCUT2D eigenvalue weighted by Crippen LogP contribution is 2.38. The van der Waals surface area contributed by atoms with Crippen molar-refractivity contribution in [2.24, 2.45) is 0 Å². The normalized spacial score (nSPS) is 18.4. The summed E-state index contributed by atoms with van der Waals surface area (Å²) in [7, 11) is 0. The van der Waals surface area contributed by atoms with Gasteiger partial charge in [-0.2, -0.15) is 0 Å². The number of rotatable bonds is 1. The molecule has 0 fully saturated rings. The molecule has 1 heterocycles. The van der Waals surface area contributed by atoms with Gasteiger partial charge in [0.2, 0.25) is 0 Å². The highest BCUT2D eigenvalue weighted by atomic mass is 32.2. The number of para-hydroxylation sites is 1. The molecule has 0 amide bonds. The number of benzene rings is 1. The summed E-state index contributed by atoms with van der Waals surface area (Å²) in [6.07, 6.45) is 2.21. The monoisotopic (exact) mass is 205 g/mol. The van der Waals surface area contributed by atoms with Gasteiger partial charge in [0.15, 0.2) is 0 Å². The summed E-state index contributed by atoms with van der Waals surface area (Å²) in [5, 5.41) is 0. The molecule has 0 aliphatic carbocycles. The maximum absolute atomic E-state index is 2.39. The molecule has 1 aliphatic rings. The molecule has 0 radical (unpaired) electrons. The fourth-order valence-electron chi connectivity index (χ4n) is 1.80. The van der Waals surface area contributed by atoms with Crippen molar-refractivity contribution in [3.05, 3.63) is 36.0 Å². The number of anilines is 1. The van der Waals surface area contributed by atoms with E-state index in [1.165, 1.54) is 16.3 Å². The van der Waals surface area contributed by atoms with Crippen LogP contribution in [0, 0.1) is 0 Å². The van der Waals surface area contributed by atoms with Gasteiger partial charge in [-0.15, -0.1) is 11.8 Å². The van der Waals surface area contributed by atoms with Crippen LogP contribution in [-0.2, 0) is 0 Å². The summed E-state index contributed by atoms with van der Waals surface area (Å²) < 4.78 is 0. The Hall–Kier alpha value is -0.890. The lowest BCUT2D eigenvalue weighted by atomic mass is 10.2. The van der Waals surface area contributed by atoms with Crippen molar-refractivity contribution >= 4 is 17.4 Å². The van der Waals surface area contributed by atoms with Gasteiger partial charge in [0, 0.05) is 22.9 Å². The van der Waals surface area contributed by atoms with Crippen LogP contribution >= 0.6 is 11.8 Å². The van der Waals surface area contributed by atoms with Crippen LogP contribution in [0.15, 0.2) is 40.9 Å². The summed E-state index contributed by atoms with van der Waals surface area (Å²) in [6, 6.07) is 8.63. The SMILES string of the molecule is C/C=C1\CSc2ccccc2N1CC. The van der Waals surface area contributed by atoms with E-state index in [4.69, 9.17) is 0 Å². The molecular weight excluding hydrogens is 190 g/mol. The maximum atomic E-state index is 2.39. The molecule has 0 N–H and O–H groups in total. The van der Waals surface area contributed by atoms with Crippen molar-refractivity contribution in [1.29, 1.82) is 0 Å². The first-order valence-electron chi connectivity index (χ1n) is 5.01. The molecule has 1 aromatic carbocycles. The van der Waals surface area contributed by atoms with E-state index in [9.17, 15) is 0 Å². The summed E-state index contributed by atoms with van der Waals surface area (Å²) in [5.74, 6) is 1.10. The Labute approximate surface area is 89.8 Å². The Kier molecular flexibility index (Phi) is 2.82. The Bertz CT molecular complexity index is 357. The lowest BCUT2D eigenvalue weighted by Gasteiger charge is -2.32. The number of hydrogen-bond acceptors (Lipinski definition) is 2. The van der Waals surface area contributed by atoms with E-state index in [2.05, 4.69) is 49.1 Å². The molecule has 1 aliphatic heterocycles. The van der Waals surface area contributed by atoms with Crippen LogP contribution in [0.25, 0.3) is 0 Å². The molecule has 0 unspecified atom stereocenters. The first kappa shape index (κ1) is 9.66. The molecule has 0 spiro atoms. The van der Waals surface area contributed by atoms with Gasteiger partial charge < -0.3 is 4.90 Å². The van der Waals surface area contributed by atoms with E-state index >= 15 is 0 Å². The summed E-state index contributed by atoms with van der Waals surface area (Å²) in [5.41, 5.74) is 2.79. The van der Waals surface area contributed by atoms with E-state index in [0.29, 0.717) is 0 Å². The van der Waals surface area contributed by atoms with Crippen molar-refractivity contribution in [1.82, 2.24) is 0 Å². The zero-order chi connectivity index (χ0) is 9.97. The van der Waals surface area contributed by atoms with Crippen molar-refractivity contribution < 1.29 is 0 Å². The number of thioether (sulfide) groups is 1. The van der Waals surface area contributed by atoms with E-state index in [0.717, 1.165) is 12.3 Å². The first-order valence-corrected chi connectivity index (χ1v) is 6.00.